The maximum Gasteiger partial charge on any atom is 0.415 e. The predicted octanol–water partition coefficient (Wildman–Crippen LogP) is 1.25. The van der Waals surface area contributed by atoms with Crippen molar-refractivity contribution >= 4 is 0 Å². The molecule has 83 valence electrons. The zero-order valence-corrected chi connectivity index (χ0v) is 8.76. The number of halogens is 3. The number of hydrogen-bond acceptors (Lipinski definition) is 2. The molecule has 1 unspecified atom stereocenters. The van der Waals surface area contributed by atoms with Crippen LogP contribution in [0.3, 0.4) is 0 Å². The molecule has 0 rings (SSSR count). The number of aliphatic hydroxyl groups excluding tert-OH is 1. The number of hydrogen-bond donors (Lipinski definition) is 1. The molecule has 2 nitrogen and oxygen atoms in total. The van der Waals surface area contributed by atoms with Crippen molar-refractivity contribution in [2.75, 3.05) is 13.6 Å². The fourth-order valence-electron chi connectivity index (χ4n) is 0.587. The molecule has 0 saturated heterocycles. The molecular weight excluding hydrogens is 230 g/mol. The van der Waals surface area contributed by atoms with Gasteiger partial charge < -0.3 is 10.0 Å². The van der Waals surface area contributed by atoms with Crippen molar-refractivity contribution in [3.05, 3.63) is 0 Å². The topological polar surface area (TPSA) is 23.5 Å². The Balaban J connectivity index is 0. The largest absolute Gasteiger partial charge is 0.415 e. The summed E-state index contributed by atoms with van der Waals surface area (Å²) in [6.07, 6.45) is -6.76. The number of aliphatic hydroxyl groups is 1. The molecule has 0 aromatic carbocycles. The minimum absolute atomic E-state index is 0. The molecule has 6 heteroatoms. The van der Waals surface area contributed by atoms with Crippen LogP contribution in [0.2, 0.25) is 0 Å². The van der Waals surface area contributed by atoms with Crippen molar-refractivity contribution in [1.29, 1.82) is 0 Å². The third-order valence-corrected chi connectivity index (χ3v) is 1.72. The van der Waals surface area contributed by atoms with E-state index >= 15 is 0 Å². The number of nitrogens with zero attached hydrogens (tertiary/aromatic N) is 1. The molecule has 0 saturated carbocycles. The maximum atomic E-state index is 11.8. The molecule has 0 aliphatic carbocycles. The van der Waals surface area contributed by atoms with E-state index in [-0.39, 0.29) is 29.4 Å². The Bertz CT molecular complexity index is 140. The normalized spacial score (nSPS) is 14.5. The molecule has 0 fully saturated rings. The second-order valence-corrected chi connectivity index (χ2v) is 3.09. The summed E-state index contributed by atoms with van der Waals surface area (Å²) in [4.78, 5) is 1.44. The van der Waals surface area contributed by atoms with Gasteiger partial charge in [-0.1, -0.05) is 0 Å². The van der Waals surface area contributed by atoms with Gasteiger partial charge in [0.15, 0.2) is 6.10 Å². The summed E-state index contributed by atoms with van der Waals surface area (Å²) < 4.78 is 35.4. The first-order valence-electron chi connectivity index (χ1n) is 3.70. The molecule has 0 amide bonds. The molecule has 0 aromatic rings. The van der Waals surface area contributed by atoms with Gasteiger partial charge in [-0.3, -0.25) is 0 Å². The van der Waals surface area contributed by atoms with Crippen molar-refractivity contribution in [3.63, 3.8) is 0 Å². The molecule has 0 spiro atoms. The van der Waals surface area contributed by atoms with Crippen LogP contribution in [0.4, 0.5) is 13.2 Å². The van der Waals surface area contributed by atoms with Gasteiger partial charge in [0, 0.05) is 29.4 Å². The van der Waals surface area contributed by atoms with Gasteiger partial charge >= 0.3 is 6.18 Å². The first-order chi connectivity index (χ1) is 5.25. The van der Waals surface area contributed by atoms with Crippen LogP contribution < -0.4 is 0 Å². The van der Waals surface area contributed by atoms with E-state index in [1.165, 1.54) is 4.90 Å². The van der Waals surface area contributed by atoms with Gasteiger partial charge in [0.2, 0.25) is 0 Å². The fraction of sp³-hybridized carbons (Fsp3) is 1.00. The smallest absolute Gasteiger partial charge is 0.382 e. The van der Waals surface area contributed by atoms with Crippen LogP contribution in [-0.2, 0) is 16.8 Å². The van der Waals surface area contributed by atoms with Crippen LogP contribution in [0, 0.1) is 0 Å². The van der Waals surface area contributed by atoms with E-state index in [0.29, 0.717) is 0 Å². The zero-order valence-electron chi connectivity index (χ0n) is 7.72. The summed E-state index contributed by atoms with van der Waals surface area (Å²) in [5.41, 5.74) is 0. The molecule has 1 radical (unpaired) electrons. The van der Waals surface area contributed by atoms with Gasteiger partial charge in [0.05, 0.1) is 0 Å². The predicted molar refractivity (Wildman–Crippen MR) is 39.8 cm³/mol. The van der Waals surface area contributed by atoms with E-state index in [0.717, 1.165) is 0 Å². The van der Waals surface area contributed by atoms with Gasteiger partial charge in [0.25, 0.3) is 0 Å². The van der Waals surface area contributed by atoms with Crippen LogP contribution >= 0.6 is 0 Å². The Morgan fingerprint density at radius 2 is 1.69 bits per heavy atom. The molecule has 1 atom stereocenters. The van der Waals surface area contributed by atoms with E-state index in [2.05, 4.69) is 0 Å². The maximum absolute atomic E-state index is 11.8. The summed E-state index contributed by atoms with van der Waals surface area (Å²) in [6.45, 7) is 3.16. The molecule has 0 bridgehead atoms. The summed E-state index contributed by atoms with van der Waals surface area (Å²) in [5, 5.41) is 8.64. The van der Waals surface area contributed by atoms with Gasteiger partial charge in [-0.25, -0.2) is 0 Å². The van der Waals surface area contributed by atoms with Gasteiger partial charge in [0.1, 0.15) is 0 Å². The molecule has 0 heterocycles. The standard InChI is InChI=1S/C7H14F3NO.Co/c1-5(2)11(3)4-6(12)7(8,9)10;/h5-6,12H,4H2,1-3H3;. The van der Waals surface area contributed by atoms with Crippen molar-refractivity contribution in [2.24, 2.45) is 0 Å². The van der Waals surface area contributed by atoms with Crippen LogP contribution in [0.1, 0.15) is 13.8 Å². The van der Waals surface area contributed by atoms with Crippen molar-refractivity contribution in [1.82, 2.24) is 4.90 Å². The molecule has 1 N–H and O–H groups in total. The Morgan fingerprint density at radius 1 is 1.31 bits per heavy atom. The average Bonchev–Trinajstić information content (AvgIpc) is 1.85. The molecule has 0 aliphatic heterocycles. The molecular formula is C7H14CoF3NO. The summed E-state index contributed by atoms with van der Waals surface area (Å²) >= 11 is 0. The molecule has 0 aromatic heterocycles. The van der Waals surface area contributed by atoms with Crippen molar-refractivity contribution in [2.45, 2.75) is 32.2 Å². The first kappa shape index (κ1) is 15.7. The first-order valence-corrected chi connectivity index (χ1v) is 3.70. The van der Waals surface area contributed by atoms with E-state index in [1.807, 2.05) is 0 Å². The summed E-state index contributed by atoms with van der Waals surface area (Å²) in [7, 11) is 1.54. The van der Waals surface area contributed by atoms with E-state index in [1.54, 1.807) is 20.9 Å². The van der Waals surface area contributed by atoms with Gasteiger partial charge in [-0.15, -0.1) is 0 Å². The summed E-state index contributed by atoms with van der Waals surface area (Å²) in [6, 6.07) is 0.00185. The number of rotatable bonds is 3. The minimum atomic E-state index is -4.51. The Kier molecular flexibility index (Phi) is 7.05. The average molecular weight is 244 g/mol. The third kappa shape index (κ3) is 6.31. The number of alkyl halides is 3. The quantitative estimate of drug-likeness (QED) is 0.807. The molecule has 13 heavy (non-hydrogen) atoms. The van der Waals surface area contributed by atoms with Crippen LogP contribution in [0.15, 0.2) is 0 Å². The van der Waals surface area contributed by atoms with Crippen molar-refractivity contribution in [3.8, 4) is 0 Å². The Hall–Kier alpha value is 0.216. The van der Waals surface area contributed by atoms with Crippen LogP contribution in [-0.4, -0.2) is 41.9 Å². The monoisotopic (exact) mass is 244 g/mol. The fourth-order valence-corrected chi connectivity index (χ4v) is 0.587. The third-order valence-electron chi connectivity index (χ3n) is 1.72. The Labute approximate surface area is 86.3 Å². The summed E-state index contributed by atoms with van der Waals surface area (Å²) in [5.74, 6) is 0. The van der Waals surface area contributed by atoms with E-state index in [9.17, 15) is 13.2 Å². The van der Waals surface area contributed by atoms with Gasteiger partial charge in [-0.05, 0) is 20.9 Å². The minimum Gasteiger partial charge on any atom is -0.382 e. The second kappa shape index (κ2) is 5.84. The Morgan fingerprint density at radius 3 is 1.92 bits per heavy atom. The van der Waals surface area contributed by atoms with E-state index < -0.39 is 12.3 Å². The van der Waals surface area contributed by atoms with E-state index in [4.69, 9.17) is 5.11 Å². The second-order valence-electron chi connectivity index (χ2n) is 3.09. The molecule has 0 aliphatic rings. The van der Waals surface area contributed by atoms with Crippen LogP contribution in [0.5, 0.6) is 0 Å². The number of likely N-dealkylation sites (N-methyl/N-ethyl adjacent to an activating group) is 1. The van der Waals surface area contributed by atoms with Gasteiger partial charge in [-0.2, -0.15) is 13.2 Å². The SMILES string of the molecule is CC(C)N(C)CC(O)C(F)(F)F.[Co]. The van der Waals surface area contributed by atoms with Crippen molar-refractivity contribution < 1.29 is 35.1 Å². The zero-order chi connectivity index (χ0) is 9.94. The van der Waals surface area contributed by atoms with Crippen LogP contribution in [0.25, 0.3) is 0 Å².